The molecule has 1 unspecified atom stereocenters. The quantitative estimate of drug-likeness (QED) is 0.647. The van der Waals surface area contributed by atoms with Crippen molar-refractivity contribution in [1.29, 1.82) is 0 Å². The van der Waals surface area contributed by atoms with E-state index in [0.717, 1.165) is 34.6 Å². The lowest BCUT2D eigenvalue weighted by molar-refractivity contribution is -0.129. The summed E-state index contributed by atoms with van der Waals surface area (Å²) < 4.78 is 1.18. The van der Waals surface area contributed by atoms with Crippen LogP contribution in [0.2, 0.25) is 0 Å². The fourth-order valence-electron chi connectivity index (χ4n) is 4.57. The molecule has 5 nitrogen and oxygen atoms in total. The molecule has 0 bridgehead atoms. The monoisotopic (exact) mass is 419 g/mol. The summed E-state index contributed by atoms with van der Waals surface area (Å²) in [5.74, 6) is -0.194. The van der Waals surface area contributed by atoms with Gasteiger partial charge in [-0.2, -0.15) is 0 Å². The number of benzene rings is 2. The Balaban J connectivity index is 1.25. The summed E-state index contributed by atoms with van der Waals surface area (Å²) in [5, 5.41) is 3.97. The number of likely N-dealkylation sites (tertiary alicyclic amines) is 1. The molecule has 1 saturated heterocycles. The second-order valence-corrected chi connectivity index (χ2v) is 9.47. The Morgan fingerprint density at radius 2 is 1.90 bits per heavy atom. The average molecular weight is 420 g/mol. The first-order chi connectivity index (χ1) is 14.6. The van der Waals surface area contributed by atoms with Crippen LogP contribution in [0, 0.1) is 12.8 Å². The Kier molecular flexibility index (Phi) is 5.03. The van der Waals surface area contributed by atoms with Crippen LogP contribution in [0.3, 0.4) is 0 Å². The van der Waals surface area contributed by atoms with Crippen molar-refractivity contribution >= 4 is 39.1 Å². The lowest BCUT2D eigenvalue weighted by atomic mass is 10.1. The number of thiazole rings is 1. The van der Waals surface area contributed by atoms with Crippen LogP contribution in [0.4, 0.5) is 5.69 Å². The molecule has 2 heterocycles. The number of fused-ring (bicyclic) bond motifs is 1. The van der Waals surface area contributed by atoms with E-state index in [-0.39, 0.29) is 17.7 Å². The van der Waals surface area contributed by atoms with Crippen LogP contribution in [-0.2, 0) is 9.59 Å². The molecule has 154 valence electrons. The Labute approximate surface area is 180 Å². The third-order valence-corrected chi connectivity index (χ3v) is 7.31. The number of carbonyl (C=O) groups excluding carboxylic acids is 2. The first kappa shape index (κ1) is 19.2. The van der Waals surface area contributed by atoms with E-state index in [0.29, 0.717) is 19.0 Å². The first-order valence-corrected chi connectivity index (χ1v) is 11.5. The molecule has 30 heavy (non-hydrogen) atoms. The van der Waals surface area contributed by atoms with Gasteiger partial charge in [-0.05, 0) is 61.7 Å². The topological polar surface area (TPSA) is 62.3 Å². The molecular weight excluding hydrogens is 394 g/mol. The Morgan fingerprint density at radius 1 is 1.13 bits per heavy atom. The SMILES string of the molecule is Cc1ccc2nc(-c3ccc(NC(=O)C4CC(=O)N(C5CCCC5)C4)cc3)sc2c1. The summed E-state index contributed by atoms with van der Waals surface area (Å²) in [4.78, 5) is 31.7. The third kappa shape index (κ3) is 3.72. The lowest BCUT2D eigenvalue weighted by Gasteiger charge is -2.23. The number of hydrogen-bond donors (Lipinski definition) is 1. The number of nitrogens with zero attached hydrogens (tertiary/aromatic N) is 2. The standard InChI is InChI=1S/C24H25N3O2S/c1-15-6-11-20-21(12-15)30-24(26-20)16-7-9-18(10-8-16)25-23(29)17-13-22(28)27(14-17)19-4-2-3-5-19/h6-12,17,19H,2-5,13-14H2,1H3,(H,25,29). The molecule has 1 aliphatic heterocycles. The number of hydrogen-bond acceptors (Lipinski definition) is 4. The van der Waals surface area contributed by atoms with Crippen LogP contribution in [0.1, 0.15) is 37.7 Å². The van der Waals surface area contributed by atoms with Gasteiger partial charge in [-0.25, -0.2) is 4.98 Å². The average Bonchev–Trinajstić information content (AvgIpc) is 3.47. The van der Waals surface area contributed by atoms with Crippen LogP contribution in [-0.4, -0.2) is 34.3 Å². The van der Waals surface area contributed by atoms with Crippen LogP contribution >= 0.6 is 11.3 Å². The number of carbonyl (C=O) groups is 2. The summed E-state index contributed by atoms with van der Waals surface area (Å²) in [6.45, 7) is 2.64. The van der Waals surface area contributed by atoms with Crippen molar-refractivity contribution in [1.82, 2.24) is 9.88 Å². The Hall–Kier alpha value is -2.73. The van der Waals surface area contributed by atoms with Crippen molar-refractivity contribution in [2.75, 3.05) is 11.9 Å². The van der Waals surface area contributed by atoms with E-state index in [9.17, 15) is 9.59 Å². The number of anilines is 1. The second-order valence-electron chi connectivity index (χ2n) is 8.44. The van der Waals surface area contributed by atoms with Gasteiger partial charge in [0, 0.05) is 30.3 Å². The van der Waals surface area contributed by atoms with E-state index in [1.54, 1.807) is 11.3 Å². The lowest BCUT2D eigenvalue weighted by Crippen LogP contribution is -2.35. The van der Waals surface area contributed by atoms with Gasteiger partial charge in [-0.1, -0.05) is 18.9 Å². The molecular formula is C24H25N3O2S. The molecule has 1 aliphatic carbocycles. The minimum Gasteiger partial charge on any atom is -0.339 e. The molecule has 2 aliphatic rings. The van der Waals surface area contributed by atoms with Gasteiger partial charge in [0.05, 0.1) is 16.1 Å². The van der Waals surface area contributed by atoms with Crippen molar-refractivity contribution in [2.24, 2.45) is 5.92 Å². The number of aromatic nitrogens is 1. The number of aryl methyl sites for hydroxylation is 1. The molecule has 6 heteroatoms. The zero-order valence-electron chi connectivity index (χ0n) is 17.1. The maximum atomic E-state index is 12.7. The van der Waals surface area contributed by atoms with E-state index < -0.39 is 0 Å². The maximum Gasteiger partial charge on any atom is 0.229 e. The molecule has 2 aromatic carbocycles. The normalized spacial score (nSPS) is 19.7. The molecule has 0 radical (unpaired) electrons. The van der Waals surface area contributed by atoms with E-state index >= 15 is 0 Å². The molecule has 1 atom stereocenters. The fraction of sp³-hybridized carbons (Fsp3) is 0.375. The largest absolute Gasteiger partial charge is 0.339 e. The second kappa shape index (κ2) is 7.84. The minimum atomic E-state index is -0.259. The van der Waals surface area contributed by atoms with Gasteiger partial charge in [0.2, 0.25) is 11.8 Å². The summed E-state index contributed by atoms with van der Waals surface area (Å²) in [6, 6.07) is 14.4. The summed E-state index contributed by atoms with van der Waals surface area (Å²) >= 11 is 1.68. The van der Waals surface area contributed by atoms with Gasteiger partial charge < -0.3 is 10.2 Å². The Bertz CT molecular complexity index is 1100. The molecule has 1 saturated carbocycles. The van der Waals surface area contributed by atoms with Crippen molar-refractivity contribution in [3.8, 4) is 10.6 Å². The van der Waals surface area contributed by atoms with Crippen molar-refractivity contribution < 1.29 is 9.59 Å². The van der Waals surface area contributed by atoms with E-state index in [4.69, 9.17) is 4.98 Å². The smallest absolute Gasteiger partial charge is 0.229 e. The van der Waals surface area contributed by atoms with Gasteiger partial charge in [0.25, 0.3) is 0 Å². The fourth-order valence-corrected chi connectivity index (χ4v) is 5.64. The molecule has 5 rings (SSSR count). The first-order valence-electron chi connectivity index (χ1n) is 10.6. The maximum absolute atomic E-state index is 12.7. The molecule has 1 aromatic heterocycles. The summed E-state index contributed by atoms with van der Waals surface area (Å²) in [7, 11) is 0. The van der Waals surface area contributed by atoms with Crippen LogP contribution in [0.25, 0.3) is 20.8 Å². The number of amides is 2. The zero-order chi connectivity index (χ0) is 20.7. The van der Waals surface area contributed by atoms with Gasteiger partial charge >= 0.3 is 0 Å². The molecule has 2 amide bonds. The molecule has 3 aromatic rings. The predicted octanol–water partition coefficient (Wildman–Crippen LogP) is 5.00. The Morgan fingerprint density at radius 3 is 2.67 bits per heavy atom. The highest BCUT2D eigenvalue weighted by Crippen LogP contribution is 2.32. The van der Waals surface area contributed by atoms with Crippen LogP contribution in [0.15, 0.2) is 42.5 Å². The highest BCUT2D eigenvalue weighted by molar-refractivity contribution is 7.21. The summed E-state index contributed by atoms with van der Waals surface area (Å²) in [5.41, 5.74) is 4.03. The van der Waals surface area contributed by atoms with Crippen molar-refractivity contribution in [3.63, 3.8) is 0 Å². The highest BCUT2D eigenvalue weighted by atomic mass is 32.1. The highest BCUT2D eigenvalue weighted by Gasteiger charge is 2.38. The van der Waals surface area contributed by atoms with Crippen LogP contribution in [0.5, 0.6) is 0 Å². The summed E-state index contributed by atoms with van der Waals surface area (Å²) in [6.07, 6.45) is 4.85. The van der Waals surface area contributed by atoms with Gasteiger partial charge in [-0.15, -0.1) is 11.3 Å². The zero-order valence-corrected chi connectivity index (χ0v) is 17.9. The van der Waals surface area contributed by atoms with E-state index in [1.807, 2.05) is 29.2 Å². The minimum absolute atomic E-state index is 0.0629. The van der Waals surface area contributed by atoms with E-state index in [1.165, 1.54) is 23.1 Å². The number of nitrogens with one attached hydrogen (secondary N) is 1. The molecule has 1 N–H and O–H groups in total. The van der Waals surface area contributed by atoms with Crippen molar-refractivity contribution in [2.45, 2.75) is 45.1 Å². The molecule has 2 fully saturated rings. The predicted molar refractivity (Wildman–Crippen MR) is 120 cm³/mol. The van der Waals surface area contributed by atoms with Gasteiger partial charge in [0.1, 0.15) is 5.01 Å². The third-order valence-electron chi connectivity index (χ3n) is 6.24. The molecule has 0 spiro atoms. The van der Waals surface area contributed by atoms with Crippen LogP contribution < -0.4 is 5.32 Å². The number of rotatable bonds is 4. The van der Waals surface area contributed by atoms with E-state index in [2.05, 4.69) is 30.4 Å². The van der Waals surface area contributed by atoms with Gasteiger partial charge in [-0.3, -0.25) is 9.59 Å². The van der Waals surface area contributed by atoms with Gasteiger partial charge in [0.15, 0.2) is 0 Å². The van der Waals surface area contributed by atoms with Crippen molar-refractivity contribution in [3.05, 3.63) is 48.0 Å².